The van der Waals surface area contributed by atoms with Gasteiger partial charge in [0.15, 0.2) is 11.6 Å². The summed E-state index contributed by atoms with van der Waals surface area (Å²) in [4.78, 5) is 25.0. The van der Waals surface area contributed by atoms with E-state index in [1.54, 1.807) is 48.5 Å². The summed E-state index contributed by atoms with van der Waals surface area (Å²) in [6, 6.07) is 25.3. The van der Waals surface area contributed by atoms with E-state index in [0.29, 0.717) is 22.3 Å². The molecule has 0 radical (unpaired) electrons. The van der Waals surface area contributed by atoms with E-state index in [2.05, 4.69) is 13.2 Å². The van der Waals surface area contributed by atoms with E-state index in [-0.39, 0.29) is 11.6 Å². The molecule has 0 atom stereocenters. The van der Waals surface area contributed by atoms with Crippen LogP contribution in [0.3, 0.4) is 0 Å². The van der Waals surface area contributed by atoms with Gasteiger partial charge >= 0.3 is 0 Å². The molecule has 0 fully saturated rings. The lowest BCUT2D eigenvalue weighted by molar-refractivity contribution is 0.104. The molecule has 0 heterocycles. The van der Waals surface area contributed by atoms with Crippen molar-refractivity contribution in [3.63, 3.8) is 0 Å². The Hall–Kier alpha value is -3.52. The van der Waals surface area contributed by atoms with Crippen LogP contribution in [0.15, 0.2) is 98.1 Å². The molecule has 0 saturated carbocycles. The number of benzene rings is 3. The summed E-state index contributed by atoms with van der Waals surface area (Å²) in [6.07, 6.45) is 0. The highest BCUT2D eigenvalue weighted by Crippen LogP contribution is 2.23. The molecule has 0 unspecified atom stereocenters. The summed E-state index contributed by atoms with van der Waals surface area (Å²) in [5.41, 5.74) is 3.49. The number of carbonyl (C=O) groups excluding carboxylic acids is 2. The average molecular weight is 338 g/mol. The molecule has 2 nitrogen and oxygen atoms in total. The Balaban J connectivity index is 1.78. The molecule has 0 aromatic heterocycles. The average Bonchev–Trinajstić information content (AvgIpc) is 2.73. The van der Waals surface area contributed by atoms with Crippen LogP contribution in [0.2, 0.25) is 0 Å². The van der Waals surface area contributed by atoms with E-state index in [4.69, 9.17) is 0 Å². The van der Waals surface area contributed by atoms with Gasteiger partial charge in [0.25, 0.3) is 0 Å². The Kier molecular flexibility index (Phi) is 5.04. The smallest absolute Gasteiger partial charge is 0.193 e. The van der Waals surface area contributed by atoms with Crippen LogP contribution in [0, 0.1) is 0 Å². The van der Waals surface area contributed by atoms with Crippen LogP contribution in [0.1, 0.15) is 31.8 Å². The number of ketones is 2. The van der Waals surface area contributed by atoms with Gasteiger partial charge in [-0.25, -0.2) is 0 Å². The molecule has 0 N–H and O–H groups in total. The van der Waals surface area contributed by atoms with Crippen molar-refractivity contribution in [2.75, 3.05) is 0 Å². The van der Waals surface area contributed by atoms with E-state index < -0.39 is 0 Å². The topological polar surface area (TPSA) is 34.1 Å². The molecule has 126 valence electrons. The van der Waals surface area contributed by atoms with Crippen molar-refractivity contribution in [2.24, 2.45) is 0 Å². The third-order valence-corrected chi connectivity index (χ3v) is 4.20. The number of hydrogen-bond acceptors (Lipinski definition) is 2. The normalized spacial score (nSPS) is 10.2. The maximum Gasteiger partial charge on any atom is 0.193 e. The van der Waals surface area contributed by atoms with Crippen LogP contribution in [0.5, 0.6) is 0 Å². The second kappa shape index (κ2) is 7.58. The van der Waals surface area contributed by atoms with Crippen LogP contribution in [-0.4, -0.2) is 11.6 Å². The van der Waals surface area contributed by atoms with Crippen molar-refractivity contribution >= 4 is 22.7 Å². The number of allylic oxidation sites excluding steroid dienone is 2. The van der Waals surface area contributed by atoms with Crippen LogP contribution < -0.4 is 0 Å². The van der Waals surface area contributed by atoms with Gasteiger partial charge in [0.1, 0.15) is 0 Å². The summed E-state index contributed by atoms with van der Waals surface area (Å²) in [5.74, 6) is -0.227. The highest BCUT2D eigenvalue weighted by molar-refractivity contribution is 6.29. The third-order valence-electron chi connectivity index (χ3n) is 4.20. The molecular formula is C24H18O2. The van der Waals surface area contributed by atoms with E-state index in [9.17, 15) is 9.59 Å². The number of rotatable bonds is 6. The predicted octanol–water partition coefficient (Wildman–Crippen LogP) is 5.48. The monoisotopic (exact) mass is 338 g/mol. The van der Waals surface area contributed by atoms with Crippen LogP contribution in [0.4, 0.5) is 0 Å². The first-order valence-corrected chi connectivity index (χ1v) is 8.26. The predicted molar refractivity (Wildman–Crippen MR) is 106 cm³/mol. The SMILES string of the molecule is C=C(C(=O)c1ccccc1)c1ccc(C(=C)C(=O)c2ccccc2)cc1. The Labute approximate surface area is 153 Å². The van der Waals surface area contributed by atoms with Crippen molar-refractivity contribution in [1.29, 1.82) is 0 Å². The molecule has 3 aromatic rings. The van der Waals surface area contributed by atoms with Gasteiger partial charge in [0.2, 0.25) is 0 Å². The molecule has 0 saturated heterocycles. The maximum atomic E-state index is 12.5. The molecule has 26 heavy (non-hydrogen) atoms. The van der Waals surface area contributed by atoms with Crippen molar-refractivity contribution in [2.45, 2.75) is 0 Å². The minimum absolute atomic E-state index is 0.113. The fraction of sp³-hybridized carbons (Fsp3) is 0. The minimum Gasteiger partial charge on any atom is -0.289 e. The standard InChI is InChI=1S/C24H18O2/c1-17(23(25)21-9-5-3-6-10-21)19-13-15-20(16-14-19)18(2)24(26)22-11-7-4-8-12-22/h3-16H,1-2H2. The molecule has 0 amide bonds. The molecule has 3 aromatic carbocycles. The van der Waals surface area contributed by atoms with Crippen molar-refractivity contribution < 1.29 is 9.59 Å². The first-order valence-electron chi connectivity index (χ1n) is 8.26. The molecule has 0 bridgehead atoms. The summed E-state index contributed by atoms with van der Waals surface area (Å²) >= 11 is 0. The largest absolute Gasteiger partial charge is 0.289 e. The van der Waals surface area contributed by atoms with Crippen LogP contribution >= 0.6 is 0 Å². The van der Waals surface area contributed by atoms with Gasteiger partial charge in [-0.1, -0.05) is 98.1 Å². The molecule has 3 rings (SSSR count). The Morgan fingerprint density at radius 2 is 0.769 bits per heavy atom. The molecular weight excluding hydrogens is 320 g/mol. The van der Waals surface area contributed by atoms with Crippen LogP contribution in [0.25, 0.3) is 11.1 Å². The zero-order chi connectivity index (χ0) is 18.5. The van der Waals surface area contributed by atoms with Gasteiger partial charge in [-0.2, -0.15) is 0 Å². The maximum absolute atomic E-state index is 12.5. The zero-order valence-electron chi connectivity index (χ0n) is 14.3. The second-order valence-corrected chi connectivity index (χ2v) is 5.92. The lowest BCUT2D eigenvalue weighted by Crippen LogP contribution is -2.03. The van der Waals surface area contributed by atoms with Gasteiger partial charge in [0, 0.05) is 22.3 Å². The van der Waals surface area contributed by atoms with E-state index in [1.165, 1.54) is 0 Å². The molecule has 0 aliphatic heterocycles. The summed E-state index contributed by atoms with van der Waals surface area (Å²) in [6.45, 7) is 7.84. The van der Waals surface area contributed by atoms with E-state index >= 15 is 0 Å². The molecule has 0 aliphatic rings. The molecule has 2 heteroatoms. The fourth-order valence-corrected chi connectivity index (χ4v) is 2.66. The van der Waals surface area contributed by atoms with E-state index in [1.807, 2.05) is 36.4 Å². The molecule has 0 spiro atoms. The van der Waals surface area contributed by atoms with Gasteiger partial charge in [0.05, 0.1) is 0 Å². The van der Waals surface area contributed by atoms with Gasteiger partial charge in [-0.3, -0.25) is 9.59 Å². The fourth-order valence-electron chi connectivity index (χ4n) is 2.66. The quantitative estimate of drug-likeness (QED) is 0.440. The highest BCUT2D eigenvalue weighted by atomic mass is 16.1. The zero-order valence-corrected chi connectivity index (χ0v) is 14.3. The number of hydrogen-bond donors (Lipinski definition) is 0. The van der Waals surface area contributed by atoms with Crippen LogP contribution in [-0.2, 0) is 0 Å². The van der Waals surface area contributed by atoms with Crippen molar-refractivity contribution in [1.82, 2.24) is 0 Å². The van der Waals surface area contributed by atoms with Gasteiger partial charge in [-0.15, -0.1) is 0 Å². The summed E-state index contributed by atoms with van der Waals surface area (Å²) in [7, 11) is 0. The number of carbonyl (C=O) groups is 2. The second-order valence-electron chi connectivity index (χ2n) is 5.92. The lowest BCUT2D eigenvalue weighted by atomic mass is 9.94. The van der Waals surface area contributed by atoms with Gasteiger partial charge in [-0.05, 0) is 11.1 Å². The third kappa shape index (κ3) is 3.60. The first kappa shape index (κ1) is 17.3. The minimum atomic E-state index is -0.113. The molecule has 0 aliphatic carbocycles. The van der Waals surface area contributed by atoms with Crippen molar-refractivity contribution in [3.8, 4) is 0 Å². The van der Waals surface area contributed by atoms with Gasteiger partial charge < -0.3 is 0 Å². The Morgan fingerprint density at radius 3 is 1.08 bits per heavy atom. The Morgan fingerprint density at radius 1 is 0.462 bits per heavy atom. The van der Waals surface area contributed by atoms with E-state index in [0.717, 1.165) is 11.1 Å². The highest BCUT2D eigenvalue weighted by Gasteiger charge is 2.14. The Bertz CT molecular complexity index is 883. The summed E-state index contributed by atoms with van der Waals surface area (Å²) < 4.78 is 0. The summed E-state index contributed by atoms with van der Waals surface area (Å²) in [5, 5.41) is 0. The van der Waals surface area contributed by atoms with Crippen molar-refractivity contribution in [3.05, 3.63) is 120 Å². The lowest BCUT2D eigenvalue weighted by Gasteiger charge is -2.09. The first-order chi connectivity index (χ1) is 12.6. The number of Topliss-reactive ketones (excluding diaryl/α,β-unsaturated/α-hetero) is 2.